The normalized spacial score (nSPS) is 10.2. The number of nitrogen functional groups attached to an aromatic ring is 1. The van der Waals surface area contributed by atoms with Gasteiger partial charge in [0.1, 0.15) is 12.0 Å². The highest BCUT2D eigenvalue weighted by Crippen LogP contribution is 2.29. The number of hydrazine groups is 1. The third-order valence-corrected chi connectivity index (χ3v) is 4.32. The van der Waals surface area contributed by atoms with Gasteiger partial charge in [0, 0.05) is 15.1 Å². The molecule has 0 unspecified atom stereocenters. The molecule has 0 radical (unpaired) electrons. The standard InChI is InChI=1S/C17H14BrClN6O/c18-12-6-1-2-7-13(12)23-15-14(20)16(22-9-21-15)24-25-17(26)10-4-3-5-11(19)8-10/h1-9H,20H2,(H,25,26)(H2,21,22,23,24). The lowest BCUT2D eigenvalue weighted by molar-refractivity contribution is 0.0962. The Morgan fingerprint density at radius 1 is 1.08 bits per heavy atom. The summed E-state index contributed by atoms with van der Waals surface area (Å²) in [7, 11) is 0. The molecule has 5 N–H and O–H groups in total. The van der Waals surface area contributed by atoms with E-state index in [0.717, 1.165) is 10.2 Å². The molecular weight excluding hydrogens is 420 g/mol. The lowest BCUT2D eigenvalue weighted by atomic mass is 10.2. The molecule has 0 aliphatic rings. The Morgan fingerprint density at radius 2 is 1.85 bits per heavy atom. The molecule has 0 atom stereocenters. The van der Waals surface area contributed by atoms with E-state index < -0.39 is 0 Å². The van der Waals surface area contributed by atoms with Gasteiger partial charge in [-0.05, 0) is 46.3 Å². The topological polar surface area (TPSA) is 105 Å². The van der Waals surface area contributed by atoms with Crippen molar-refractivity contribution in [2.75, 3.05) is 16.5 Å². The summed E-state index contributed by atoms with van der Waals surface area (Å²) >= 11 is 9.34. The summed E-state index contributed by atoms with van der Waals surface area (Å²) in [5.41, 5.74) is 12.8. The van der Waals surface area contributed by atoms with Gasteiger partial charge in [0.25, 0.3) is 5.91 Å². The smallest absolute Gasteiger partial charge is 0.269 e. The van der Waals surface area contributed by atoms with Crippen molar-refractivity contribution in [3.8, 4) is 0 Å². The first kappa shape index (κ1) is 18.0. The van der Waals surface area contributed by atoms with E-state index in [1.807, 2.05) is 24.3 Å². The van der Waals surface area contributed by atoms with E-state index in [9.17, 15) is 4.79 Å². The molecule has 0 saturated heterocycles. The number of nitrogens with zero attached hydrogens (tertiary/aromatic N) is 2. The van der Waals surface area contributed by atoms with Crippen LogP contribution in [0.2, 0.25) is 5.02 Å². The summed E-state index contributed by atoms with van der Waals surface area (Å²) in [5.74, 6) is 0.308. The first-order valence-electron chi connectivity index (χ1n) is 7.48. The maximum absolute atomic E-state index is 12.2. The molecular formula is C17H14BrClN6O. The number of nitrogens with one attached hydrogen (secondary N) is 3. The largest absolute Gasteiger partial charge is 0.393 e. The van der Waals surface area contributed by atoms with Gasteiger partial charge in [0.15, 0.2) is 11.6 Å². The number of anilines is 4. The van der Waals surface area contributed by atoms with Gasteiger partial charge in [-0.2, -0.15) is 0 Å². The first-order valence-corrected chi connectivity index (χ1v) is 8.65. The van der Waals surface area contributed by atoms with Crippen LogP contribution < -0.4 is 21.9 Å². The SMILES string of the molecule is Nc1c(NNC(=O)c2cccc(Cl)c2)ncnc1Nc1ccccc1Br. The van der Waals surface area contributed by atoms with Crippen molar-refractivity contribution in [3.05, 3.63) is 69.9 Å². The van der Waals surface area contributed by atoms with Gasteiger partial charge in [-0.25, -0.2) is 9.97 Å². The van der Waals surface area contributed by atoms with Gasteiger partial charge in [-0.3, -0.25) is 15.6 Å². The van der Waals surface area contributed by atoms with E-state index in [2.05, 4.69) is 42.1 Å². The number of halogens is 2. The molecule has 0 aliphatic heterocycles. The fourth-order valence-corrected chi connectivity index (χ4v) is 2.68. The highest BCUT2D eigenvalue weighted by atomic mass is 79.9. The fourth-order valence-electron chi connectivity index (χ4n) is 2.10. The molecule has 2 aromatic carbocycles. The number of aromatic nitrogens is 2. The number of nitrogens with two attached hydrogens (primary N) is 1. The minimum atomic E-state index is -0.370. The molecule has 0 bridgehead atoms. The lowest BCUT2D eigenvalue weighted by Gasteiger charge is -2.14. The molecule has 1 aromatic heterocycles. The summed E-state index contributed by atoms with van der Waals surface area (Å²) in [6.07, 6.45) is 1.34. The van der Waals surface area contributed by atoms with Gasteiger partial charge in [-0.1, -0.05) is 29.8 Å². The zero-order chi connectivity index (χ0) is 18.5. The fraction of sp³-hybridized carbons (Fsp3) is 0. The lowest BCUT2D eigenvalue weighted by Crippen LogP contribution is -2.30. The van der Waals surface area contributed by atoms with Gasteiger partial charge in [0.05, 0.1) is 5.69 Å². The highest BCUT2D eigenvalue weighted by molar-refractivity contribution is 9.10. The summed E-state index contributed by atoms with van der Waals surface area (Å²) in [5, 5.41) is 3.59. The Morgan fingerprint density at radius 3 is 2.62 bits per heavy atom. The van der Waals surface area contributed by atoms with Crippen LogP contribution in [0.4, 0.5) is 23.0 Å². The van der Waals surface area contributed by atoms with Crippen molar-refractivity contribution >= 4 is 56.4 Å². The van der Waals surface area contributed by atoms with E-state index in [4.69, 9.17) is 17.3 Å². The van der Waals surface area contributed by atoms with E-state index >= 15 is 0 Å². The van der Waals surface area contributed by atoms with Crippen molar-refractivity contribution in [2.45, 2.75) is 0 Å². The van der Waals surface area contributed by atoms with E-state index in [1.54, 1.807) is 24.3 Å². The van der Waals surface area contributed by atoms with Crippen molar-refractivity contribution < 1.29 is 4.79 Å². The van der Waals surface area contributed by atoms with Gasteiger partial charge < -0.3 is 11.1 Å². The average molecular weight is 434 g/mol. The van der Waals surface area contributed by atoms with Crippen LogP contribution in [-0.4, -0.2) is 15.9 Å². The van der Waals surface area contributed by atoms with E-state index in [1.165, 1.54) is 6.33 Å². The van der Waals surface area contributed by atoms with Crippen molar-refractivity contribution in [3.63, 3.8) is 0 Å². The minimum Gasteiger partial charge on any atom is -0.393 e. The monoisotopic (exact) mass is 432 g/mol. The third kappa shape index (κ3) is 4.22. The van der Waals surface area contributed by atoms with Crippen LogP contribution in [0.5, 0.6) is 0 Å². The molecule has 1 heterocycles. The van der Waals surface area contributed by atoms with Crippen molar-refractivity contribution in [2.24, 2.45) is 0 Å². The number of rotatable bonds is 5. The predicted octanol–water partition coefficient (Wildman–Crippen LogP) is 3.98. The second-order valence-corrected chi connectivity index (χ2v) is 6.47. The predicted molar refractivity (Wildman–Crippen MR) is 106 cm³/mol. The number of carbonyl (C=O) groups excluding carboxylic acids is 1. The Labute approximate surface area is 163 Å². The van der Waals surface area contributed by atoms with Gasteiger partial charge in [0.2, 0.25) is 0 Å². The summed E-state index contributed by atoms with van der Waals surface area (Å²) in [6, 6.07) is 14.1. The first-order chi connectivity index (χ1) is 12.5. The molecule has 132 valence electrons. The zero-order valence-corrected chi connectivity index (χ0v) is 15.7. The zero-order valence-electron chi connectivity index (χ0n) is 13.3. The molecule has 3 rings (SSSR count). The van der Waals surface area contributed by atoms with Crippen LogP contribution in [0.1, 0.15) is 10.4 Å². The molecule has 0 spiro atoms. The Bertz CT molecular complexity index is 952. The number of carbonyl (C=O) groups is 1. The second-order valence-electron chi connectivity index (χ2n) is 5.18. The number of para-hydroxylation sites is 1. The Hall–Kier alpha value is -2.84. The van der Waals surface area contributed by atoms with Crippen molar-refractivity contribution in [1.82, 2.24) is 15.4 Å². The summed E-state index contributed by atoms with van der Waals surface area (Å²) in [6.45, 7) is 0. The minimum absolute atomic E-state index is 0.259. The Balaban J connectivity index is 1.73. The van der Waals surface area contributed by atoms with Crippen LogP contribution in [0, 0.1) is 0 Å². The molecule has 1 amide bonds. The molecule has 0 saturated carbocycles. The van der Waals surface area contributed by atoms with Crippen LogP contribution in [-0.2, 0) is 0 Å². The number of amides is 1. The molecule has 3 aromatic rings. The molecule has 9 heteroatoms. The number of hydrogen-bond donors (Lipinski definition) is 4. The summed E-state index contributed by atoms with van der Waals surface area (Å²) in [4.78, 5) is 20.3. The van der Waals surface area contributed by atoms with Gasteiger partial charge >= 0.3 is 0 Å². The van der Waals surface area contributed by atoms with Crippen LogP contribution in [0.3, 0.4) is 0 Å². The van der Waals surface area contributed by atoms with Crippen LogP contribution >= 0.6 is 27.5 Å². The average Bonchev–Trinajstić information content (AvgIpc) is 2.64. The van der Waals surface area contributed by atoms with E-state index in [0.29, 0.717) is 16.4 Å². The van der Waals surface area contributed by atoms with Crippen LogP contribution in [0.15, 0.2) is 59.3 Å². The van der Waals surface area contributed by atoms with Crippen LogP contribution in [0.25, 0.3) is 0 Å². The number of hydrogen-bond acceptors (Lipinski definition) is 6. The molecule has 26 heavy (non-hydrogen) atoms. The maximum atomic E-state index is 12.2. The Kier molecular flexibility index (Phi) is 5.55. The summed E-state index contributed by atoms with van der Waals surface area (Å²) < 4.78 is 0.863. The maximum Gasteiger partial charge on any atom is 0.269 e. The van der Waals surface area contributed by atoms with Gasteiger partial charge in [-0.15, -0.1) is 0 Å². The highest BCUT2D eigenvalue weighted by Gasteiger charge is 2.11. The quantitative estimate of drug-likeness (QED) is 0.454. The second kappa shape index (κ2) is 8.03. The third-order valence-electron chi connectivity index (χ3n) is 3.39. The van der Waals surface area contributed by atoms with E-state index in [-0.39, 0.29) is 17.4 Å². The molecule has 0 fully saturated rings. The number of benzene rings is 2. The van der Waals surface area contributed by atoms with Crippen molar-refractivity contribution in [1.29, 1.82) is 0 Å². The molecule has 0 aliphatic carbocycles. The molecule has 7 nitrogen and oxygen atoms in total.